The van der Waals surface area contributed by atoms with E-state index in [9.17, 15) is 4.39 Å². The lowest BCUT2D eigenvalue weighted by molar-refractivity contribution is 0.617. The molecule has 1 aromatic carbocycles. The second kappa shape index (κ2) is 5.50. The highest BCUT2D eigenvalue weighted by molar-refractivity contribution is 9.09. The van der Waals surface area contributed by atoms with E-state index in [1.807, 2.05) is 19.1 Å². The third-order valence-electron chi connectivity index (χ3n) is 2.41. The van der Waals surface area contributed by atoms with Crippen LogP contribution >= 0.6 is 15.9 Å². The van der Waals surface area contributed by atoms with Gasteiger partial charge in [-0.05, 0) is 43.4 Å². The van der Waals surface area contributed by atoms with Crippen LogP contribution in [0.5, 0.6) is 0 Å². The first-order valence-corrected chi connectivity index (χ1v) is 5.94. The van der Waals surface area contributed by atoms with Gasteiger partial charge in [-0.15, -0.1) is 0 Å². The molecule has 1 atom stereocenters. The van der Waals surface area contributed by atoms with E-state index in [1.165, 1.54) is 5.56 Å². The first-order chi connectivity index (χ1) is 6.63. The molecule has 0 bridgehead atoms. The quantitative estimate of drug-likeness (QED) is 0.709. The topological polar surface area (TPSA) is 0 Å². The van der Waals surface area contributed by atoms with Gasteiger partial charge < -0.3 is 0 Å². The molecule has 0 amide bonds. The lowest BCUT2D eigenvalue weighted by Crippen LogP contribution is -1.98. The van der Waals surface area contributed by atoms with Crippen LogP contribution in [-0.2, 0) is 6.42 Å². The molecule has 0 aromatic heterocycles. The predicted octanol–water partition coefficient (Wildman–Crippen LogP) is 4.24. The van der Waals surface area contributed by atoms with E-state index < -0.39 is 0 Å². The zero-order valence-corrected chi connectivity index (χ0v) is 10.3. The molecule has 0 radical (unpaired) electrons. The number of rotatable bonds is 4. The number of hydrogen-bond acceptors (Lipinski definition) is 0. The maximum Gasteiger partial charge on any atom is 0.126 e. The van der Waals surface area contributed by atoms with E-state index >= 15 is 0 Å². The molecule has 1 unspecified atom stereocenters. The zero-order chi connectivity index (χ0) is 10.6. The summed E-state index contributed by atoms with van der Waals surface area (Å²) >= 11 is 3.59. The largest absolute Gasteiger partial charge is 0.207 e. The summed E-state index contributed by atoms with van der Waals surface area (Å²) < 4.78 is 13.0. The van der Waals surface area contributed by atoms with Crippen molar-refractivity contribution in [3.63, 3.8) is 0 Å². The van der Waals surface area contributed by atoms with Crippen LogP contribution in [0.1, 0.15) is 30.9 Å². The van der Waals surface area contributed by atoms with Gasteiger partial charge in [-0.1, -0.05) is 35.0 Å². The van der Waals surface area contributed by atoms with Crippen LogP contribution in [0.2, 0.25) is 0 Å². The molecule has 0 aliphatic carbocycles. The first kappa shape index (κ1) is 11.7. The Labute approximate surface area is 93.7 Å². The average Bonchev–Trinajstić information content (AvgIpc) is 2.19. The van der Waals surface area contributed by atoms with Crippen molar-refractivity contribution in [3.05, 3.63) is 35.1 Å². The van der Waals surface area contributed by atoms with Crippen LogP contribution in [0.4, 0.5) is 4.39 Å². The number of benzene rings is 1. The Balaban J connectivity index is 2.55. The summed E-state index contributed by atoms with van der Waals surface area (Å²) in [6, 6.07) is 5.36. The fraction of sp³-hybridized carbons (Fsp3) is 0.500. The van der Waals surface area contributed by atoms with Crippen molar-refractivity contribution in [2.75, 3.05) is 0 Å². The fourth-order valence-electron chi connectivity index (χ4n) is 1.39. The minimum absolute atomic E-state index is 0.111. The summed E-state index contributed by atoms with van der Waals surface area (Å²) in [6.45, 7) is 3.97. The average molecular weight is 259 g/mol. The van der Waals surface area contributed by atoms with Gasteiger partial charge in [0.2, 0.25) is 0 Å². The van der Waals surface area contributed by atoms with Crippen molar-refractivity contribution in [3.8, 4) is 0 Å². The van der Waals surface area contributed by atoms with Gasteiger partial charge >= 0.3 is 0 Å². The van der Waals surface area contributed by atoms with E-state index in [2.05, 4.69) is 22.9 Å². The van der Waals surface area contributed by atoms with Crippen LogP contribution in [-0.4, -0.2) is 4.83 Å². The van der Waals surface area contributed by atoms with Gasteiger partial charge in [0.05, 0.1) is 0 Å². The van der Waals surface area contributed by atoms with Crippen LogP contribution in [0.25, 0.3) is 0 Å². The SMILES string of the molecule is CCC(Br)CCc1ccc(F)c(C)c1. The van der Waals surface area contributed by atoms with Crippen molar-refractivity contribution < 1.29 is 4.39 Å². The van der Waals surface area contributed by atoms with Crippen molar-refractivity contribution >= 4 is 15.9 Å². The van der Waals surface area contributed by atoms with E-state index in [1.54, 1.807) is 6.07 Å². The molecule has 0 aliphatic heterocycles. The molecule has 1 rings (SSSR count). The van der Waals surface area contributed by atoms with Crippen LogP contribution < -0.4 is 0 Å². The van der Waals surface area contributed by atoms with E-state index in [0.717, 1.165) is 24.8 Å². The Kier molecular flexibility index (Phi) is 4.59. The summed E-state index contributed by atoms with van der Waals surface area (Å²) in [6.07, 6.45) is 3.27. The highest BCUT2D eigenvalue weighted by atomic mass is 79.9. The molecule has 0 saturated carbocycles. The minimum atomic E-state index is -0.111. The van der Waals surface area contributed by atoms with Gasteiger partial charge in [0, 0.05) is 4.83 Å². The summed E-state index contributed by atoms with van der Waals surface area (Å²) in [5.74, 6) is -0.111. The summed E-state index contributed by atoms with van der Waals surface area (Å²) in [5.41, 5.74) is 1.96. The van der Waals surface area contributed by atoms with E-state index in [0.29, 0.717) is 4.83 Å². The first-order valence-electron chi connectivity index (χ1n) is 5.02. The van der Waals surface area contributed by atoms with Crippen molar-refractivity contribution in [2.24, 2.45) is 0 Å². The number of halogens is 2. The molecule has 0 aliphatic rings. The molecule has 0 N–H and O–H groups in total. The van der Waals surface area contributed by atoms with Crippen LogP contribution in [0, 0.1) is 12.7 Å². The molecule has 1 aromatic rings. The Morgan fingerprint density at radius 1 is 1.43 bits per heavy atom. The molecule has 0 nitrogen and oxygen atoms in total. The molecule has 14 heavy (non-hydrogen) atoms. The minimum Gasteiger partial charge on any atom is -0.207 e. The lowest BCUT2D eigenvalue weighted by Gasteiger charge is -2.07. The number of aryl methyl sites for hydroxylation is 2. The van der Waals surface area contributed by atoms with Gasteiger partial charge in [-0.2, -0.15) is 0 Å². The Morgan fingerprint density at radius 2 is 2.14 bits per heavy atom. The second-order valence-corrected chi connectivity index (χ2v) is 4.92. The van der Waals surface area contributed by atoms with Gasteiger partial charge in [0.15, 0.2) is 0 Å². The summed E-state index contributed by atoms with van der Waals surface area (Å²) in [5, 5.41) is 0. The van der Waals surface area contributed by atoms with Gasteiger partial charge in [0.25, 0.3) is 0 Å². The van der Waals surface area contributed by atoms with E-state index in [-0.39, 0.29) is 5.82 Å². The third-order valence-corrected chi connectivity index (χ3v) is 3.52. The van der Waals surface area contributed by atoms with Crippen molar-refractivity contribution in [1.82, 2.24) is 0 Å². The lowest BCUT2D eigenvalue weighted by atomic mass is 10.0. The highest BCUT2D eigenvalue weighted by Crippen LogP contribution is 2.15. The molecule has 0 saturated heterocycles. The van der Waals surface area contributed by atoms with Crippen LogP contribution in [0.3, 0.4) is 0 Å². The normalized spacial score (nSPS) is 12.9. The zero-order valence-electron chi connectivity index (χ0n) is 8.69. The summed E-state index contributed by atoms with van der Waals surface area (Å²) in [7, 11) is 0. The molecule has 78 valence electrons. The number of hydrogen-bond donors (Lipinski definition) is 0. The van der Waals surface area contributed by atoms with Crippen molar-refractivity contribution in [2.45, 2.75) is 37.9 Å². The smallest absolute Gasteiger partial charge is 0.126 e. The van der Waals surface area contributed by atoms with Crippen molar-refractivity contribution in [1.29, 1.82) is 0 Å². The van der Waals surface area contributed by atoms with Gasteiger partial charge in [-0.25, -0.2) is 4.39 Å². The van der Waals surface area contributed by atoms with Gasteiger partial charge in [-0.3, -0.25) is 0 Å². The predicted molar refractivity (Wildman–Crippen MR) is 62.5 cm³/mol. The maximum absolute atomic E-state index is 13.0. The maximum atomic E-state index is 13.0. The Morgan fingerprint density at radius 3 is 2.71 bits per heavy atom. The molecule has 0 fully saturated rings. The molecular formula is C12H16BrF. The second-order valence-electron chi connectivity index (χ2n) is 3.63. The summed E-state index contributed by atoms with van der Waals surface area (Å²) in [4.78, 5) is 0.577. The molecule has 0 heterocycles. The monoisotopic (exact) mass is 258 g/mol. The van der Waals surface area contributed by atoms with Crippen LogP contribution in [0.15, 0.2) is 18.2 Å². The Bertz CT molecular complexity index is 296. The molecular weight excluding hydrogens is 243 g/mol. The highest BCUT2D eigenvalue weighted by Gasteiger charge is 2.03. The van der Waals surface area contributed by atoms with E-state index in [4.69, 9.17) is 0 Å². The third kappa shape index (κ3) is 3.41. The van der Waals surface area contributed by atoms with Gasteiger partial charge in [0.1, 0.15) is 5.82 Å². The molecule has 0 spiro atoms. The fourth-order valence-corrected chi connectivity index (χ4v) is 1.62. The standard InChI is InChI=1S/C12H16BrF/c1-3-11(13)6-4-10-5-7-12(14)9(2)8-10/h5,7-8,11H,3-4,6H2,1-2H3. The molecule has 2 heteroatoms. The number of alkyl halides is 1. The Hall–Kier alpha value is -0.370.